The number of amides is 3. The molecule has 1 N–H and O–H groups in total. The maximum absolute atomic E-state index is 14.6. The fourth-order valence-electron chi connectivity index (χ4n) is 7.45. The molecular formula is C35H43N3O6. The van der Waals surface area contributed by atoms with Crippen molar-refractivity contribution in [3.8, 4) is 5.75 Å². The molecule has 3 fully saturated rings. The Balaban J connectivity index is 1.54. The summed E-state index contributed by atoms with van der Waals surface area (Å²) >= 11 is 0. The maximum atomic E-state index is 14.6. The van der Waals surface area contributed by atoms with Gasteiger partial charge in [-0.1, -0.05) is 42.5 Å². The highest BCUT2D eigenvalue weighted by molar-refractivity contribution is 6.03. The van der Waals surface area contributed by atoms with E-state index in [1.807, 2.05) is 68.4 Å². The van der Waals surface area contributed by atoms with Gasteiger partial charge in [0.05, 0.1) is 36.7 Å². The van der Waals surface area contributed by atoms with E-state index in [0.29, 0.717) is 37.4 Å². The fraction of sp³-hybridized carbons (Fsp3) is 0.457. The summed E-state index contributed by atoms with van der Waals surface area (Å²) in [6.07, 6.45) is 4.29. The molecule has 9 nitrogen and oxygen atoms in total. The van der Waals surface area contributed by atoms with Gasteiger partial charge in [0.15, 0.2) is 0 Å². The lowest BCUT2D eigenvalue weighted by Crippen LogP contribution is -2.58. The van der Waals surface area contributed by atoms with Crippen molar-refractivity contribution in [1.82, 2.24) is 9.80 Å². The molecule has 0 aromatic heterocycles. The van der Waals surface area contributed by atoms with E-state index in [1.165, 1.54) is 4.90 Å². The zero-order valence-corrected chi connectivity index (χ0v) is 25.9. The van der Waals surface area contributed by atoms with Gasteiger partial charge in [-0.25, -0.2) is 0 Å². The lowest BCUT2D eigenvalue weighted by atomic mass is 9.66. The molecule has 2 unspecified atom stereocenters. The molecular weight excluding hydrogens is 558 g/mol. The molecule has 2 bridgehead atoms. The molecule has 0 saturated carbocycles. The quantitative estimate of drug-likeness (QED) is 0.349. The van der Waals surface area contributed by atoms with Gasteiger partial charge in [0.25, 0.3) is 0 Å². The Hall–Kier alpha value is -3.95. The Morgan fingerprint density at radius 3 is 2.39 bits per heavy atom. The first-order chi connectivity index (χ1) is 21.2. The summed E-state index contributed by atoms with van der Waals surface area (Å²) in [4.78, 5) is 48.4. The molecule has 5 rings (SSSR count). The minimum Gasteiger partial charge on any atom is -0.494 e. The number of benzene rings is 2. The number of ether oxygens (including phenoxy) is 2. The van der Waals surface area contributed by atoms with Crippen LogP contribution in [0.2, 0.25) is 0 Å². The van der Waals surface area contributed by atoms with Crippen LogP contribution in [-0.2, 0) is 25.7 Å². The number of aliphatic hydroxyl groups excluding tert-OH is 1. The van der Waals surface area contributed by atoms with E-state index in [0.717, 1.165) is 5.56 Å². The van der Waals surface area contributed by atoms with Crippen LogP contribution < -0.4 is 9.64 Å². The van der Waals surface area contributed by atoms with Crippen LogP contribution in [0.25, 0.3) is 0 Å². The van der Waals surface area contributed by atoms with Gasteiger partial charge in [0.1, 0.15) is 17.4 Å². The lowest BCUT2D eigenvalue weighted by Gasteiger charge is -2.38. The summed E-state index contributed by atoms with van der Waals surface area (Å²) in [5.74, 6) is -1.89. The van der Waals surface area contributed by atoms with E-state index in [-0.39, 0.29) is 37.4 Å². The van der Waals surface area contributed by atoms with Crippen LogP contribution in [-0.4, -0.2) is 82.2 Å². The van der Waals surface area contributed by atoms with E-state index in [4.69, 9.17) is 9.47 Å². The third-order valence-electron chi connectivity index (χ3n) is 9.37. The van der Waals surface area contributed by atoms with Gasteiger partial charge in [-0.05, 0) is 63.4 Å². The highest BCUT2D eigenvalue weighted by Gasteiger charge is 2.78. The number of carbonyl (C=O) groups is 3. The highest BCUT2D eigenvalue weighted by Crippen LogP contribution is 2.64. The maximum Gasteiger partial charge on any atom is 0.249 e. The molecule has 3 heterocycles. The normalized spacial score (nSPS) is 27.5. The summed E-state index contributed by atoms with van der Waals surface area (Å²) in [5.41, 5.74) is -0.563. The number of anilines is 1. The predicted octanol–water partition coefficient (Wildman–Crippen LogP) is 3.96. The topological polar surface area (TPSA) is 99.6 Å². The summed E-state index contributed by atoms with van der Waals surface area (Å²) < 4.78 is 12.4. The predicted molar refractivity (Wildman–Crippen MR) is 168 cm³/mol. The zero-order valence-electron chi connectivity index (χ0n) is 25.9. The van der Waals surface area contributed by atoms with Crippen molar-refractivity contribution in [2.45, 2.75) is 63.4 Å². The molecule has 2 aromatic carbocycles. The van der Waals surface area contributed by atoms with Crippen molar-refractivity contribution >= 4 is 23.4 Å². The van der Waals surface area contributed by atoms with Crippen molar-refractivity contribution in [2.24, 2.45) is 11.8 Å². The van der Waals surface area contributed by atoms with Crippen molar-refractivity contribution in [2.75, 3.05) is 31.2 Å². The number of aliphatic hydroxyl groups is 1. The molecule has 9 heteroatoms. The van der Waals surface area contributed by atoms with Gasteiger partial charge < -0.3 is 29.3 Å². The molecule has 3 amide bonds. The van der Waals surface area contributed by atoms with Gasteiger partial charge in [-0.2, -0.15) is 0 Å². The molecule has 0 aliphatic carbocycles. The summed E-state index contributed by atoms with van der Waals surface area (Å²) in [6, 6.07) is 15.2. The number of rotatable bonds is 13. The first-order valence-electron chi connectivity index (χ1n) is 15.4. The van der Waals surface area contributed by atoms with Crippen LogP contribution in [0.3, 0.4) is 0 Å². The zero-order chi connectivity index (χ0) is 31.6. The second-order valence-corrected chi connectivity index (χ2v) is 12.2. The number of carbonyl (C=O) groups excluding carboxylic acids is 3. The molecule has 3 aliphatic rings. The monoisotopic (exact) mass is 601 g/mol. The molecule has 3 saturated heterocycles. The Morgan fingerprint density at radius 1 is 1.09 bits per heavy atom. The highest BCUT2D eigenvalue weighted by atomic mass is 16.5. The third-order valence-corrected chi connectivity index (χ3v) is 9.37. The van der Waals surface area contributed by atoms with Crippen molar-refractivity contribution in [3.05, 3.63) is 85.5 Å². The molecule has 2 aromatic rings. The molecule has 3 aliphatic heterocycles. The van der Waals surface area contributed by atoms with Gasteiger partial charge >= 0.3 is 0 Å². The minimum absolute atomic E-state index is 0.233. The Kier molecular flexibility index (Phi) is 9.00. The summed E-state index contributed by atoms with van der Waals surface area (Å²) in [7, 11) is 0. The molecule has 1 spiro atoms. The van der Waals surface area contributed by atoms with E-state index < -0.39 is 35.1 Å². The van der Waals surface area contributed by atoms with E-state index in [1.54, 1.807) is 28.9 Å². The molecule has 6 atom stereocenters. The summed E-state index contributed by atoms with van der Waals surface area (Å²) in [5, 5.41) is 10.2. The molecule has 44 heavy (non-hydrogen) atoms. The molecule has 0 radical (unpaired) electrons. The standard InChI is InChI=1S/C35H43N3O6/c1-6-20-36(22-25-12-10-9-11-13-25)33(42)30-35-19-18-34(5,44-35)28(29(35)32(41)38(30)24(4)23-39)31(40)37(21-7-2)26-14-16-27(17-15-26)43-8-3/h6-7,9-17,24,28-30,39H,1-2,8,18-23H2,3-5H3/t24-,28-,29+,30?,34+,35?/m1/s1. The van der Waals surface area contributed by atoms with Gasteiger partial charge in [0.2, 0.25) is 17.7 Å². The smallest absolute Gasteiger partial charge is 0.249 e. The Bertz CT molecular complexity index is 1400. The largest absolute Gasteiger partial charge is 0.494 e. The SMILES string of the molecule is C=CCN(Cc1ccccc1)C(=O)C1N([C@H](C)CO)C(=O)[C@@H]2[C@H](C(=O)N(CC=C)c3ccc(OCC)cc3)[C@]3(C)CCC12O3. The van der Waals surface area contributed by atoms with Crippen molar-refractivity contribution in [3.63, 3.8) is 0 Å². The van der Waals surface area contributed by atoms with E-state index >= 15 is 0 Å². The van der Waals surface area contributed by atoms with Crippen molar-refractivity contribution in [1.29, 1.82) is 0 Å². The van der Waals surface area contributed by atoms with Crippen molar-refractivity contribution < 1.29 is 29.0 Å². The van der Waals surface area contributed by atoms with E-state index in [2.05, 4.69) is 13.2 Å². The van der Waals surface area contributed by atoms with Gasteiger partial charge in [-0.3, -0.25) is 14.4 Å². The number of likely N-dealkylation sites (tertiary alicyclic amines) is 1. The number of hydrogen-bond acceptors (Lipinski definition) is 6. The minimum atomic E-state index is -1.21. The van der Waals surface area contributed by atoms with Crippen LogP contribution in [0, 0.1) is 11.8 Å². The van der Waals surface area contributed by atoms with Gasteiger partial charge in [-0.15, -0.1) is 13.2 Å². The lowest BCUT2D eigenvalue weighted by molar-refractivity contribution is -0.154. The number of fused-ring (bicyclic) bond motifs is 1. The molecule has 234 valence electrons. The first kappa shape index (κ1) is 31.5. The average molecular weight is 602 g/mol. The summed E-state index contributed by atoms with van der Waals surface area (Å²) in [6.45, 7) is 14.3. The van der Waals surface area contributed by atoms with Crippen LogP contribution in [0.15, 0.2) is 79.9 Å². The average Bonchev–Trinajstić information content (AvgIpc) is 3.60. The Morgan fingerprint density at radius 2 is 1.77 bits per heavy atom. The van der Waals surface area contributed by atoms with E-state index in [9.17, 15) is 19.5 Å². The third kappa shape index (κ3) is 5.22. The van der Waals surface area contributed by atoms with Crippen LogP contribution in [0.4, 0.5) is 5.69 Å². The second kappa shape index (κ2) is 12.6. The van der Waals surface area contributed by atoms with Crippen LogP contribution >= 0.6 is 0 Å². The van der Waals surface area contributed by atoms with Gasteiger partial charge in [0, 0.05) is 25.3 Å². The first-order valence-corrected chi connectivity index (χ1v) is 15.4. The van der Waals surface area contributed by atoms with Crippen LogP contribution in [0.5, 0.6) is 5.75 Å². The number of hydrogen-bond donors (Lipinski definition) is 1. The van der Waals surface area contributed by atoms with Crippen LogP contribution in [0.1, 0.15) is 39.2 Å². The Labute approximate surface area is 259 Å². The second-order valence-electron chi connectivity index (χ2n) is 12.2. The number of nitrogens with zero attached hydrogens (tertiary/aromatic N) is 3. The fourth-order valence-corrected chi connectivity index (χ4v) is 7.45.